The van der Waals surface area contributed by atoms with Gasteiger partial charge in [0.25, 0.3) is 0 Å². The van der Waals surface area contributed by atoms with E-state index in [0.29, 0.717) is 12.5 Å². The second kappa shape index (κ2) is 8.74. The fraction of sp³-hybridized carbons (Fsp3) is 0.667. The second-order valence-corrected chi connectivity index (χ2v) is 5.70. The highest BCUT2D eigenvalue weighted by atomic mass is 35.5. The van der Waals surface area contributed by atoms with Gasteiger partial charge in [-0.15, -0.1) is 36.2 Å². The fourth-order valence-electron chi connectivity index (χ4n) is 1.80. The maximum atomic E-state index is 11.9. The van der Waals surface area contributed by atoms with Crippen LogP contribution in [0.2, 0.25) is 0 Å². The largest absolute Gasteiger partial charge is 0.349 e. The Morgan fingerprint density at radius 3 is 2.74 bits per heavy atom. The zero-order chi connectivity index (χ0) is 12.3. The number of halogens is 2. The van der Waals surface area contributed by atoms with E-state index in [9.17, 15) is 4.79 Å². The summed E-state index contributed by atoms with van der Waals surface area (Å²) in [6, 6.07) is 0. The Hall–Kier alpha value is -0.360. The SMILES string of the molecule is CCc1cnc(CNC(=O)C(C)C2CNC2)s1.Cl.Cl. The molecule has 2 N–H and O–H groups in total. The molecule has 1 amide bonds. The van der Waals surface area contributed by atoms with E-state index in [1.807, 2.05) is 13.1 Å². The Morgan fingerprint density at radius 2 is 2.26 bits per heavy atom. The number of carbonyl (C=O) groups excluding carboxylic acids is 1. The monoisotopic (exact) mass is 325 g/mol. The van der Waals surface area contributed by atoms with Crippen molar-refractivity contribution in [2.75, 3.05) is 13.1 Å². The summed E-state index contributed by atoms with van der Waals surface area (Å²) in [5.74, 6) is 0.740. The molecule has 4 nitrogen and oxygen atoms in total. The normalized spacial score (nSPS) is 15.7. The third-order valence-corrected chi connectivity index (χ3v) is 4.44. The van der Waals surface area contributed by atoms with E-state index in [-0.39, 0.29) is 36.6 Å². The maximum Gasteiger partial charge on any atom is 0.223 e. The minimum absolute atomic E-state index is 0. The van der Waals surface area contributed by atoms with Gasteiger partial charge < -0.3 is 10.6 Å². The molecule has 2 rings (SSSR count). The summed E-state index contributed by atoms with van der Waals surface area (Å²) in [6.07, 6.45) is 2.90. The van der Waals surface area contributed by atoms with Crippen molar-refractivity contribution in [1.82, 2.24) is 15.6 Å². The molecule has 1 saturated heterocycles. The van der Waals surface area contributed by atoms with Gasteiger partial charge in [-0.1, -0.05) is 13.8 Å². The topological polar surface area (TPSA) is 54.0 Å². The van der Waals surface area contributed by atoms with Gasteiger partial charge in [-0.2, -0.15) is 0 Å². The van der Waals surface area contributed by atoms with E-state index in [4.69, 9.17) is 0 Å². The number of thiazole rings is 1. The molecule has 2 heterocycles. The first-order chi connectivity index (χ1) is 8.20. The van der Waals surface area contributed by atoms with Crippen LogP contribution in [0.3, 0.4) is 0 Å². The van der Waals surface area contributed by atoms with Gasteiger partial charge in [0, 0.05) is 17.0 Å². The van der Waals surface area contributed by atoms with Gasteiger partial charge in [0.05, 0.1) is 6.54 Å². The number of nitrogens with one attached hydrogen (secondary N) is 2. The molecule has 0 saturated carbocycles. The van der Waals surface area contributed by atoms with Crippen molar-refractivity contribution in [2.24, 2.45) is 11.8 Å². The molecule has 1 atom stereocenters. The third-order valence-electron chi connectivity index (χ3n) is 3.30. The van der Waals surface area contributed by atoms with Crippen molar-refractivity contribution in [2.45, 2.75) is 26.8 Å². The molecule has 1 unspecified atom stereocenters. The molecule has 1 aromatic heterocycles. The Kier molecular flexibility index (Phi) is 8.57. The van der Waals surface area contributed by atoms with Crippen molar-refractivity contribution in [3.8, 4) is 0 Å². The average Bonchev–Trinajstić information content (AvgIpc) is 2.71. The Balaban J connectivity index is 0.00000162. The van der Waals surface area contributed by atoms with Crippen LogP contribution in [-0.2, 0) is 17.8 Å². The molecule has 0 aromatic carbocycles. The van der Waals surface area contributed by atoms with E-state index in [1.54, 1.807) is 11.3 Å². The molecule has 0 spiro atoms. The van der Waals surface area contributed by atoms with Crippen LogP contribution in [-0.4, -0.2) is 24.0 Å². The summed E-state index contributed by atoms with van der Waals surface area (Å²) < 4.78 is 0. The molecule has 110 valence electrons. The summed E-state index contributed by atoms with van der Waals surface area (Å²) in [5, 5.41) is 7.15. The molecule has 1 fully saturated rings. The minimum atomic E-state index is 0. The van der Waals surface area contributed by atoms with Crippen LogP contribution < -0.4 is 10.6 Å². The number of aryl methyl sites for hydroxylation is 1. The maximum absolute atomic E-state index is 11.9. The highest BCUT2D eigenvalue weighted by Crippen LogP contribution is 2.17. The first kappa shape index (κ1) is 18.6. The summed E-state index contributed by atoms with van der Waals surface area (Å²) in [6.45, 7) is 6.60. The number of aromatic nitrogens is 1. The van der Waals surface area contributed by atoms with Gasteiger partial charge in [0.15, 0.2) is 0 Å². The van der Waals surface area contributed by atoms with Crippen molar-refractivity contribution >= 4 is 42.1 Å². The van der Waals surface area contributed by atoms with Crippen molar-refractivity contribution in [3.63, 3.8) is 0 Å². The number of hydrogen-bond acceptors (Lipinski definition) is 4. The molecule has 0 radical (unpaired) electrons. The molecule has 1 aliphatic heterocycles. The smallest absolute Gasteiger partial charge is 0.223 e. The molecular formula is C12H21Cl2N3OS. The van der Waals surface area contributed by atoms with Crippen LogP contribution in [0.25, 0.3) is 0 Å². The fourth-order valence-corrected chi connectivity index (χ4v) is 2.60. The zero-order valence-electron chi connectivity index (χ0n) is 11.1. The van der Waals surface area contributed by atoms with Gasteiger partial charge in [-0.3, -0.25) is 4.79 Å². The predicted molar refractivity (Wildman–Crippen MR) is 83.4 cm³/mol. The van der Waals surface area contributed by atoms with E-state index >= 15 is 0 Å². The molecule has 7 heteroatoms. The lowest BCUT2D eigenvalue weighted by Gasteiger charge is -2.31. The van der Waals surface area contributed by atoms with Crippen LogP contribution in [0.15, 0.2) is 6.20 Å². The number of nitrogens with zero attached hydrogens (tertiary/aromatic N) is 1. The lowest BCUT2D eigenvalue weighted by Crippen LogP contribution is -2.49. The Labute approximate surface area is 130 Å². The zero-order valence-corrected chi connectivity index (χ0v) is 13.6. The standard InChI is InChI=1S/C12H19N3OS.2ClH/c1-3-10-6-14-11(17-10)7-15-12(16)8(2)9-4-13-5-9;;/h6,8-9,13H,3-5,7H2,1-2H3,(H,15,16);2*1H. The lowest BCUT2D eigenvalue weighted by atomic mass is 9.88. The highest BCUT2D eigenvalue weighted by molar-refractivity contribution is 7.11. The molecule has 0 aliphatic carbocycles. The summed E-state index contributed by atoms with van der Waals surface area (Å²) >= 11 is 1.68. The highest BCUT2D eigenvalue weighted by Gasteiger charge is 2.28. The third kappa shape index (κ3) is 4.91. The lowest BCUT2D eigenvalue weighted by molar-refractivity contribution is -0.126. The van der Waals surface area contributed by atoms with Crippen molar-refractivity contribution in [3.05, 3.63) is 16.1 Å². The van der Waals surface area contributed by atoms with E-state index in [2.05, 4.69) is 22.5 Å². The Morgan fingerprint density at radius 1 is 1.58 bits per heavy atom. The van der Waals surface area contributed by atoms with Gasteiger partial charge in [0.1, 0.15) is 5.01 Å². The van der Waals surface area contributed by atoms with Gasteiger partial charge in [0.2, 0.25) is 5.91 Å². The van der Waals surface area contributed by atoms with Gasteiger partial charge in [-0.05, 0) is 25.4 Å². The Bertz CT molecular complexity index is 396. The quantitative estimate of drug-likeness (QED) is 0.870. The van der Waals surface area contributed by atoms with Gasteiger partial charge >= 0.3 is 0 Å². The van der Waals surface area contributed by atoms with E-state index in [1.165, 1.54) is 4.88 Å². The first-order valence-electron chi connectivity index (χ1n) is 6.12. The number of carbonyl (C=O) groups is 1. The predicted octanol–water partition coefficient (Wildman–Crippen LogP) is 2.02. The molecule has 19 heavy (non-hydrogen) atoms. The van der Waals surface area contributed by atoms with E-state index < -0.39 is 0 Å². The van der Waals surface area contributed by atoms with Crippen LogP contribution in [0, 0.1) is 11.8 Å². The molecular weight excluding hydrogens is 305 g/mol. The van der Waals surface area contributed by atoms with Gasteiger partial charge in [-0.25, -0.2) is 4.98 Å². The summed E-state index contributed by atoms with van der Waals surface area (Å²) in [5.41, 5.74) is 0. The van der Waals surface area contributed by atoms with Crippen LogP contribution in [0.1, 0.15) is 23.7 Å². The van der Waals surface area contributed by atoms with Crippen molar-refractivity contribution in [1.29, 1.82) is 0 Å². The molecule has 1 aromatic rings. The minimum Gasteiger partial charge on any atom is -0.349 e. The average molecular weight is 326 g/mol. The number of hydrogen-bond donors (Lipinski definition) is 2. The second-order valence-electron chi connectivity index (χ2n) is 4.50. The summed E-state index contributed by atoms with van der Waals surface area (Å²) in [7, 11) is 0. The summed E-state index contributed by atoms with van der Waals surface area (Å²) in [4.78, 5) is 17.4. The number of rotatable bonds is 5. The molecule has 1 aliphatic rings. The molecule has 0 bridgehead atoms. The van der Waals surface area contributed by atoms with Crippen molar-refractivity contribution < 1.29 is 4.79 Å². The van der Waals surface area contributed by atoms with Crippen LogP contribution in [0.4, 0.5) is 0 Å². The van der Waals surface area contributed by atoms with Crippen LogP contribution >= 0.6 is 36.2 Å². The van der Waals surface area contributed by atoms with Crippen LogP contribution in [0.5, 0.6) is 0 Å². The first-order valence-corrected chi connectivity index (χ1v) is 6.94. The number of amides is 1. The van der Waals surface area contributed by atoms with E-state index in [0.717, 1.165) is 24.5 Å².